The highest BCUT2D eigenvalue weighted by molar-refractivity contribution is 5.40. The normalized spacial score (nSPS) is 14.1. The van der Waals surface area contributed by atoms with Gasteiger partial charge in [-0.25, -0.2) is 0 Å². The summed E-state index contributed by atoms with van der Waals surface area (Å²) in [7, 11) is 0. The molecule has 2 heterocycles. The zero-order valence-electron chi connectivity index (χ0n) is 11.6. The Balaban J connectivity index is 2.17. The first kappa shape index (κ1) is 13.0. The maximum atomic E-state index is 6.19. The van der Waals surface area contributed by atoms with E-state index in [9.17, 15) is 0 Å². The Bertz CT molecular complexity index is 536. The van der Waals surface area contributed by atoms with Crippen molar-refractivity contribution in [3.8, 4) is 0 Å². The summed E-state index contributed by atoms with van der Waals surface area (Å²) in [6.45, 7) is 8.67. The van der Waals surface area contributed by atoms with Gasteiger partial charge in [-0.05, 0) is 36.5 Å². The number of fused-ring (bicyclic) bond motifs is 1. The summed E-state index contributed by atoms with van der Waals surface area (Å²) in [6, 6.07) is 4.22. The minimum absolute atomic E-state index is 0.124. The number of nitrogens with zero attached hydrogens (tertiary/aromatic N) is 3. The molecule has 0 saturated heterocycles. The maximum Gasteiger partial charge on any atom is 0.161 e. The molecule has 4 nitrogen and oxygen atoms in total. The fourth-order valence-corrected chi connectivity index (χ4v) is 2.27. The lowest BCUT2D eigenvalue weighted by atomic mass is 9.87. The molecule has 2 aromatic rings. The number of hydrogen-bond donors (Lipinski definition) is 1. The van der Waals surface area contributed by atoms with E-state index in [1.807, 2.05) is 16.7 Å². The molecule has 2 N–H and O–H groups in total. The van der Waals surface area contributed by atoms with E-state index >= 15 is 0 Å². The maximum absolute atomic E-state index is 6.19. The molecule has 0 aliphatic rings. The topological polar surface area (TPSA) is 56.2 Å². The van der Waals surface area contributed by atoms with Gasteiger partial charge < -0.3 is 5.73 Å². The second-order valence-electron chi connectivity index (χ2n) is 6.28. The minimum atomic E-state index is 0.124. The van der Waals surface area contributed by atoms with Crippen molar-refractivity contribution in [2.75, 3.05) is 0 Å². The van der Waals surface area contributed by atoms with Crippen LogP contribution in [0, 0.1) is 12.3 Å². The third kappa shape index (κ3) is 3.07. The SMILES string of the molecule is Cc1ccn2c(CC(N)CC(C)(C)C)nnc2c1. The van der Waals surface area contributed by atoms with E-state index in [0.29, 0.717) is 0 Å². The van der Waals surface area contributed by atoms with Crippen molar-refractivity contribution in [1.29, 1.82) is 0 Å². The van der Waals surface area contributed by atoms with Crippen molar-refractivity contribution in [1.82, 2.24) is 14.6 Å². The van der Waals surface area contributed by atoms with Crippen molar-refractivity contribution in [2.45, 2.75) is 46.6 Å². The second-order valence-corrected chi connectivity index (χ2v) is 6.28. The highest BCUT2D eigenvalue weighted by Crippen LogP contribution is 2.21. The van der Waals surface area contributed by atoms with E-state index in [-0.39, 0.29) is 11.5 Å². The van der Waals surface area contributed by atoms with Crippen molar-refractivity contribution in [2.24, 2.45) is 11.1 Å². The molecule has 2 rings (SSSR count). The summed E-state index contributed by atoms with van der Waals surface area (Å²) in [5.41, 5.74) is 8.53. The van der Waals surface area contributed by atoms with Gasteiger partial charge in [-0.15, -0.1) is 10.2 Å². The molecule has 18 heavy (non-hydrogen) atoms. The van der Waals surface area contributed by atoms with Crippen LogP contribution in [0.15, 0.2) is 18.3 Å². The summed E-state index contributed by atoms with van der Waals surface area (Å²) in [5.74, 6) is 0.946. The largest absolute Gasteiger partial charge is 0.327 e. The monoisotopic (exact) mass is 246 g/mol. The van der Waals surface area contributed by atoms with Crippen LogP contribution in [-0.4, -0.2) is 20.6 Å². The quantitative estimate of drug-likeness (QED) is 0.904. The fourth-order valence-electron chi connectivity index (χ4n) is 2.27. The Morgan fingerprint density at radius 2 is 2.06 bits per heavy atom. The van der Waals surface area contributed by atoms with Crippen molar-refractivity contribution in [3.63, 3.8) is 0 Å². The van der Waals surface area contributed by atoms with Crippen LogP contribution in [0.2, 0.25) is 0 Å². The standard InChI is InChI=1S/C14H22N4/c1-10-5-6-18-12(7-10)16-17-13(18)8-11(15)9-14(2,3)4/h5-7,11H,8-9,15H2,1-4H3. The molecule has 98 valence electrons. The minimum Gasteiger partial charge on any atom is -0.327 e. The molecule has 0 radical (unpaired) electrons. The highest BCUT2D eigenvalue weighted by Gasteiger charge is 2.18. The Hall–Kier alpha value is -1.42. The van der Waals surface area contributed by atoms with E-state index < -0.39 is 0 Å². The zero-order chi connectivity index (χ0) is 13.3. The number of pyridine rings is 1. The predicted molar refractivity (Wildman–Crippen MR) is 73.5 cm³/mol. The van der Waals surface area contributed by atoms with Crippen molar-refractivity contribution in [3.05, 3.63) is 29.7 Å². The molecule has 0 bridgehead atoms. The first-order valence-electron chi connectivity index (χ1n) is 6.41. The summed E-state index contributed by atoms with van der Waals surface area (Å²) >= 11 is 0. The molecule has 0 aromatic carbocycles. The summed E-state index contributed by atoms with van der Waals surface area (Å²) in [6.07, 6.45) is 3.76. The van der Waals surface area contributed by atoms with Gasteiger partial charge in [0.1, 0.15) is 5.82 Å². The first-order chi connectivity index (χ1) is 8.35. The van der Waals surface area contributed by atoms with Crippen LogP contribution in [0.25, 0.3) is 5.65 Å². The average molecular weight is 246 g/mol. The molecule has 4 heteroatoms. The van der Waals surface area contributed by atoms with Crippen LogP contribution in [0.4, 0.5) is 0 Å². The van der Waals surface area contributed by atoms with Crippen LogP contribution in [0.5, 0.6) is 0 Å². The highest BCUT2D eigenvalue weighted by atomic mass is 15.2. The number of hydrogen-bond acceptors (Lipinski definition) is 3. The number of aryl methyl sites for hydroxylation is 1. The lowest BCUT2D eigenvalue weighted by Gasteiger charge is -2.22. The van der Waals surface area contributed by atoms with E-state index in [4.69, 9.17) is 5.73 Å². The Morgan fingerprint density at radius 3 is 2.72 bits per heavy atom. The zero-order valence-corrected chi connectivity index (χ0v) is 11.6. The summed E-state index contributed by atoms with van der Waals surface area (Å²) in [4.78, 5) is 0. The molecule has 0 aliphatic heterocycles. The predicted octanol–water partition coefficient (Wildman–Crippen LogP) is 2.34. The lowest BCUT2D eigenvalue weighted by molar-refractivity contribution is 0.336. The van der Waals surface area contributed by atoms with Gasteiger partial charge in [0.05, 0.1) is 0 Å². The number of nitrogens with two attached hydrogens (primary N) is 1. The van der Waals surface area contributed by atoms with Crippen molar-refractivity contribution < 1.29 is 0 Å². The van der Waals surface area contributed by atoms with Crippen LogP contribution >= 0.6 is 0 Å². The third-order valence-electron chi connectivity index (χ3n) is 2.96. The molecule has 0 amide bonds. The molecule has 2 aromatic heterocycles. The Morgan fingerprint density at radius 1 is 1.33 bits per heavy atom. The molecular formula is C14H22N4. The van der Waals surface area contributed by atoms with E-state index in [1.54, 1.807) is 0 Å². The Kier molecular flexibility index (Phi) is 3.39. The van der Waals surface area contributed by atoms with Crippen LogP contribution in [0.3, 0.4) is 0 Å². The molecule has 0 aliphatic carbocycles. The second kappa shape index (κ2) is 4.69. The summed E-state index contributed by atoms with van der Waals surface area (Å²) in [5, 5.41) is 8.43. The van der Waals surface area contributed by atoms with Gasteiger partial charge in [0.15, 0.2) is 5.65 Å². The molecule has 0 fully saturated rings. The molecule has 1 unspecified atom stereocenters. The number of rotatable bonds is 3. The average Bonchev–Trinajstić information content (AvgIpc) is 2.57. The van der Waals surface area contributed by atoms with Gasteiger partial charge in [-0.1, -0.05) is 20.8 Å². The number of aromatic nitrogens is 3. The van der Waals surface area contributed by atoms with E-state index in [2.05, 4.69) is 44.0 Å². The van der Waals surface area contributed by atoms with Gasteiger partial charge in [-0.3, -0.25) is 4.40 Å². The van der Waals surface area contributed by atoms with Crippen molar-refractivity contribution >= 4 is 5.65 Å². The molecular weight excluding hydrogens is 224 g/mol. The van der Waals surface area contributed by atoms with Gasteiger partial charge >= 0.3 is 0 Å². The van der Waals surface area contributed by atoms with Crippen LogP contribution < -0.4 is 5.73 Å². The van der Waals surface area contributed by atoms with E-state index in [0.717, 1.165) is 24.3 Å². The van der Waals surface area contributed by atoms with Crippen LogP contribution in [0.1, 0.15) is 38.6 Å². The molecule has 1 atom stereocenters. The lowest BCUT2D eigenvalue weighted by Crippen LogP contribution is -2.29. The molecule has 0 saturated carbocycles. The third-order valence-corrected chi connectivity index (χ3v) is 2.96. The summed E-state index contributed by atoms with van der Waals surface area (Å²) < 4.78 is 2.02. The first-order valence-corrected chi connectivity index (χ1v) is 6.41. The van der Waals surface area contributed by atoms with Crippen LogP contribution in [-0.2, 0) is 6.42 Å². The van der Waals surface area contributed by atoms with Gasteiger partial charge in [0.2, 0.25) is 0 Å². The van der Waals surface area contributed by atoms with Gasteiger partial charge in [0.25, 0.3) is 0 Å². The fraction of sp³-hybridized carbons (Fsp3) is 0.571. The smallest absolute Gasteiger partial charge is 0.161 e. The Labute approximate surface area is 108 Å². The molecule has 0 spiro atoms. The van der Waals surface area contributed by atoms with Gasteiger partial charge in [0, 0.05) is 18.7 Å². The van der Waals surface area contributed by atoms with E-state index in [1.165, 1.54) is 5.56 Å². The van der Waals surface area contributed by atoms with Gasteiger partial charge in [-0.2, -0.15) is 0 Å².